The van der Waals surface area contributed by atoms with Crippen molar-refractivity contribution in [3.8, 4) is 0 Å². The summed E-state index contributed by atoms with van der Waals surface area (Å²) < 4.78 is 27.0. The number of nitrogens with one attached hydrogen (secondary N) is 1. The molecule has 0 bridgehead atoms. The van der Waals surface area contributed by atoms with Gasteiger partial charge in [-0.3, -0.25) is 9.59 Å². The van der Waals surface area contributed by atoms with E-state index >= 15 is 0 Å². The van der Waals surface area contributed by atoms with Crippen molar-refractivity contribution in [1.29, 1.82) is 0 Å². The molecule has 4 rings (SSSR count). The highest BCUT2D eigenvalue weighted by Gasteiger charge is 2.49. The Morgan fingerprint density at radius 1 is 0.968 bits per heavy atom. The highest BCUT2D eigenvalue weighted by atomic mass is 32.2. The zero-order chi connectivity index (χ0) is 22.3. The second kappa shape index (κ2) is 9.00. The van der Waals surface area contributed by atoms with Crippen LogP contribution in [0, 0.1) is 17.8 Å². The first-order chi connectivity index (χ1) is 14.7. The van der Waals surface area contributed by atoms with Crippen LogP contribution in [-0.4, -0.2) is 66.5 Å². The molecule has 31 heavy (non-hydrogen) atoms. The fraction of sp³-hybridized carbons (Fsp3) is 0.913. The highest BCUT2D eigenvalue weighted by Crippen LogP contribution is 2.44. The number of sulfonamides is 1. The minimum atomic E-state index is -3.18. The first-order valence-electron chi connectivity index (χ1n) is 12.3. The third-order valence-electron chi connectivity index (χ3n) is 8.20. The molecule has 0 aromatic rings. The second-order valence-electron chi connectivity index (χ2n) is 10.4. The lowest BCUT2D eigenvalue weighted by molar-refractivity contribution is -0.155. The predicted octanol–water partition coefficient (Wildman–Crippen LogP) is 2.51. The molecule has 1 heterocycles. The van der Waals surface area contributed by atoms with Gasteiger partial charge in [0.05, 0.1) is 17.8 Å². The Morgan fingerprint density at radius 2 is 1.68 bits per heavy atom. The molecular formula is C23H39N3O4S. The minimum absolute atomic E-state index is 0.0331. The smallest absolute Gasteiger partial charge is 0.226 e. The summed E-state index contributed by atoms with van der Waals surface area (Å²) >= 11 is 0. The molecular weight excluding hydrogens is 414 g/mol. The average molecular weight is 454 g/mol. The molecule has 3 saturated carbocycles. The number of hydrogen-bond acceptors (Lipinski definition) is 4. The second-order valence-corrected chi connectivity index (χ2v) is 12.4. The third kappa shape index (κ3) is 4.95. The van der Waals surface area contributed by atoms with Crippen LogP contribution in [0.25, 0.3) is 0 Å². The van der Waals surface area contributed by atoms with Gasteiger partial charge in [0.25, 0.3) is 0 Å². The van der Waals surface area contributed by atoms with Gasteiger partial charge in [-0.1, -0.05) is 12.8 Å². The Kier molecular flexibility index (Phi) is 6.69. The number of amides is 2. The summed E-state index contributed by atoms with van der Waals surface area (Å²) in [6.45, 7) is 6.05. The number of hydrogen-bond donors (Lipinski definition) is 1. The van der Waals surface area contributed by atoms with Crippen molar-refractivity contribution in [3.05, 3.63) is 0 Å². The standard InChI is InChI=1S/C23H39N3O4S/c1-4-31(29,30)24-20-7-5-6-18(12-20)19-10-11-21-22(13-19)25(23(28)17-8-9-17)14-15(2)26(21)16(3)27/h15,17-22,24H,4-14H2,1-3H3/t15-,18?,19?,20?,21?,22?/m0/s1. The van der Waals surface area contributed by atoms with E-state index in [2.05, 4.69) is 16.5 Å². The zero-order valence-corrected chi connectivity index (χ0v) is 20.1. The van der Waals surface area contributed by atoms with E-state index in [4.69, 9.17) is 0 Å². The van der Waals surface area contributed by atoms with E-state index in [9.17, 15) is 18.0 Å². The Morgan fingerprint density at radius 3 is 2.32 bits per heavy atom. The maximum absolute atomic E-state index is 13.1. The quantitative estimate of drug-likeness (QED) is 0.693. The summed E-state index contributed by atoms with van der Waals surface area (Å²) in [6.07, 6.45) is 8.93. The number of piperazine rings is 1. The predicted molar refractivity (Wildman–Crippen MR) is 120 cm³/mol. The van der Waals surface area contributed by atoms with Gasteiger partial charge < -0.3 is 9.80 Å². The molecule has 7 nitrogen and oxygen atoms in total. The maximum Gasteiger partial charge on any atom is 0.226 e. The number of carbonyl (C=O) groups is 2. The average Bonchev–Trinajstić information content (AvgIpc) is 3.57. The summed E-state index contributed by atoms with van der Waals surface area (Å²) in [5, 5.41) is 0. The molecule has 1 saturated heterocycles. The van der Waals surface area contributed by atoms with Crippen molar-refractivity contribution in [3.63, 3.8) is 0 Å². The normalized spacial score (nSPS) is 36.7. The van der Waals surface area contributed by atoms with Gasteiger partial charge in [0.2, 0.25) is 21.8 Å². The molecule has 2 amide bonds. The molecule has 0 aromatic carbocycles. The van der Waals surface area contributed by atoms with Crippen molar-refractivity contribution in [2.45, 2.75) is 103 Å². The van der Waals surface area contributed by atoms with Gasteiger partial charge in [-0.25, -0.2) is 13.1 Å². The van der Waals surface area contributed by atoms with Crippen LogP contribution in [0.15, 0.2) is 0 Å². The Labute approximate surface area is 187 Å². The third-order valence-corrected chi connectivity index (χ3v) is 9.65. The van der Waals surface area contributed by atoms with Crippen LogP contribution in [0.3, 0.4) is 0 Å². The van der Waals surface area contributed by atoms with E-state index in [0.717, 1.165) is 57.8 Å². The molecule has 3 aliphatic carbocycles. The van der Waals surface area contributed by atoms with Crippen LogP contribution in [0.4, 0.5) is 0 Å². The van der Waals surface area contributed by atoms with E-state index in [0.29, 0.717) is 24.3 Å². The summed E-state index contributed by atoms with van der Waals surface area (Å²) in [4.78, 5) is 29.7. The summed E-state index contributed by atoms with van der Waals surface area (Å²) in [6, 6.07) is 0.337. The lowest BCUT2D eigenvalue weighted by atomic mass is 9.68. The Hall–Kier alpha value is -1.15. The molecule has 4 aliphatic rings. The van der Waals surface area contributed by atoms with Crippen LogP contribution in [0.2, 0.25) is 0 Å². The molecule has 5 unspecified atom stereocenters. The van der Waals surface area contributed by atoms with Crippen molar-refractivity contribution < 1.29 is 18.0 Å². The number of carbonyl (C=O) groups excluding carboxylic acids is 2. The van der Waals surface area contributed by atoms with Gasteiger partial charge in [0.15, 0.2) is 0 Å². The molecule has 0 spiro atoms. The van der Waals surface area contributed by atoms with Gasteiger partial charge in [-0.2, -0.15) is 0 Å². The van der Waals surface area contributed by atoms with Gasteiger partial charge in [0.1, 0.15) is 0 Å². The lowest BCUT2D eigenvalue weighted by Crippen LogP contribution is -2.67. The molecule has 8 heteroatoms. The number of fused-ring (bicyclic) bond motifs is 1. The van der Waals surface area contributed by atoms with E-state index in [1.54, 1.807) is 13.8 Å². The van der Waals surface area contributed by atoms with Crippen molar-refractivity contribution >= 4 is 21.8 Å². The van der Waals surface area contributed by atoms with Crippen LogP contribution in [-0.2, 0) is 19.6 Å². The fourth-order valence-electron chi connectivity index (χ4n) is 6.55. The minimum Gasteiger partial charge on any atom is -0.335 e. The first kappa shape index (κ1) is 23.0. The molecule has 176 valence electrons. The Bertz CT molecular complexity index is 797. The summed E-state index contributed by atoms with van der Waals surface area (Å²) in [5.41, 5.74) is 0. The fourth-order valence-corrected chi connectivity index (χ4v) is 7.44. The van der Waals surface area contributed by atoms with Crippen molar-refractivity contribution in [1.82, 2.24) is 14.5 Å². The van der Waals surface area contributed by atoms with Gasteiger partial charge >= 0.3 is 0 Å². The van der Waals surface area contributed by atoms with Crippen LogP contribution in [0.1, 0.15) is 78.6 Å². The van der Waals surface area contributed by atoms with E-state index in [1.165, 1.54) is 0 Å². The molecule has 0 radical (unpaired) electrons. The monoisotopic (exact) mass is 453 g/mol. The number of nitrogens with zero attached hydrogens (tertiary/aromatic N) is 2. The van der Waals surface area contributed by atoms with E-state index in [-0.39, 0.29) is 41.7 Å². The van der Waals surface area contributed by atoms with E-state index in [1.807, 2.05) is 4.90 Å². The first-order valence-corrected chi connectivity index (χ1v) is 13.9. The SMILES string of the molecule is CCS(=O)(=O)NC1CCCC(C2CCC3C(C2)N(C(=O)C2CC2)C[C@H](C)N3C(C)=O)C1. The Balaban J connectivity index is 1.48. The summed E-state index contributed by atoms with van der Waals surface area (Å²) in [7, 11) is -3.18. The van der Waals surface area contributed by atoms with Crippen LogP contribution < -0.4 is 4.72 Å². The van der Waals surface area contributed by atoms with Crippen molar-refractivity contribution in [2.24, 2.45) is 17.8 Å². The molecule has 0 aromatic heterocycles. The van der Waals surface area contributed by atoms with E-state index < -0.39 is 10.0 Å². The highest BCUT2D eigenvalue weighted by molar-refractivity contribution is 7.89. The topological polar surface area (TPSA) is 86.8 Å². The molecule has 6 atom stereocenters. The maximum atomic E-state index is 13.1. The van der Waals surface area contributed by atoms with Gasteiger partial charge in [0, 0.05) is 31.5 Å². The van der Waals surface area contributed by atoms with Gasteiger partial charge in [-0.15, -0.1) is 0 Å². The summed E-state index contributed by atoms with van der Waals surface area (Å²) in [5.74, 6) is 1.71. The molecule has 1 N–H and O–H groups in total. The van der Waals surface area contributed by atoms with Crippen LogP contribution in [0.5, 0.6) is 0 Å². The van der Waals surface area contributed by atoms with Gasteiger partial charge in [-0.05, 0) is 70.6 Å². The number of rotatable bonds is 5. The lowest BCUT2D eigenvalue weighted by Gasteiger charge is -2.55. The zero-order valence-electron chi connectivity index (χ0n) is 19.3. The molecule has 1 aliphatic heterocycles. The largest absolute Gasteiger partial charge is 0.335 e. The van der Waals surface area contributed by atoms with Crippen LogP contribution >= 0.6 is 0 Å². The van der Waals surface area contributed by atoms with Crippen molar-refractivity contribution in [2.75, 3.05) is 12.3 Å². The molecule has 4 fully saturated rings.